The second-order valence-electron chi connectivity index (χ2n) is 17.4. The minimum atomic E-state index is -1.16. The van der Waals surface area contributed by atoms with Gasteiger partial charge in [-0.1, -0.05) is 27.7 Å². The Kier molecular flexibility index (Phi) is 26.6. The number of hydrogen-bond acceptors (Lipinski definition) is 18. The Morgan fingerprint density at radius 2 is 0.738 bits per heavy atom. The fraction of sp³-hybridized carbons (Fsp3) is 1.00. The molecule has 61 heavy (non-hydrogen) atoms. The fourth-order valence-corrected chi connectivity index (χ4v) is 8.01. The Morgan fingerprint density at radius 3 is 1.08 bits per heavy atom. The molecule has 0 bridgehead atoms. The SMILES string of the molecule is CC[C@H]1C(O)[C@@H](O)C(CO)O[C@H]1OCCCCCOCC(C)(COCCCCCO[C@@H]1OC(CO)[C@H](O)C(O)[C@@H]1C)COCCCCCO[C@@H]1OC(CO)[C@H](O)C(O)[C@@H]1CC. The van der Waals surface area contributed by atoms with E-state index in [1.54, 1.807) is 6.92 Å². The number of rotatable bonds is 32. The van der Waals surface area contributed by atoms with Gasteiger partial charge in [0.05, 0.1) is 58.0 Å². The molecule has 3 heterocycles. The molecule has 0 saturated carbocycles. The highest BCUT2D eigenvalue weighted by atomic mass is 16.7. The van der Waals surface area contributed by atoms with Gasteiger partial charge in [-0.2, -0.15) is 0 Å². The summed E-state index contributed by atoms with van der Waals surface area (Å²) < 4.78 is 53.1. The van der Waals surface area contributed by atoms with Crippen molar-refractivity contribution in [3.8, 4) is 0 Å². The molecule has 0 amide bonds. The molecule has 0 aromatic rings. The maximum Gasteiger partial charge on any atom is 0.163 e. The monoisotopic (exact) mass is 887 g/mol. The number of aliphatic hydroxyl groups is 9. The molecular weight excluding hydrogens is 804 g/mol. The molecule has 3 saturated heterocycles. The van der Waals surface area contributed by atoms with E-state index in [0.29, 0.717) is 72.3 Å². The van der Waals surface area contributed by atoms with Crippen molar-refractivity contribution in [3.05, 3.63) is 0 Å². The molecular formula is C43H82O18. The smallest absolute Gasteiger partial charge is 0.163 e. The van der Waals surface area contributed by atoms with Crippen LogP contribution in [0.5, 0.6) is 0 Å². The van der Waals surface area contributed by atoms with E-state index in [1.165, 1.54) is 0 Å². The van der Waals surface area contributed by atoms with Gasteiger partial charge in [-0.3, -0.25) is 0 Å². The van der Waals surface area contributed by atoms with Crippen LogP contribution >= 0.6 is 0 Å². The minimum Gasteiger partial charge on any atom is -0.394 e. The second-order valence-corrected chi connectivity index (χ2v) is 17.4. The highest BCUT2D eigenvalue weighted by Crippen LogP contribution is 2.31. The van der Waals surface area contributed by atoms with Crippen LogP contribution in [0.4, 0.5) is 0 Å². The topological polar surface area (TPSA) is 265 Å². The van der Waals surface area contributed by atoms with E-state index >= 15 is 0 Å². The predicted octanol–water partition coefficient (Wildman–Crippen LogP) is 0.609. The van der Waals surface area contributed by atoms with Gasteiger partial charge < -0.3 is 88.6 Å². The van der Waals surface area contributed by atoms with Crippen molar-refractivity contribution in [3.63, 3.8) is 0 Å². The van der Waals surface area contributed by atoms with Crippen molar-refractivity contribution in [1.82, 2.24) is 0 Å². The molecule has 3 rings (SSSR count). The van der Waals surface area contributed by atoms with Crippen LogP contribution < -0.4 is 0 Å². The Labute approximate surface area is 362 Å². The molecule has 6 unspecified atom stereocenters. The third-order valence-electron chi connectivity index (χ3n) is 12.1. The van der Waals surface area contributed by atoms with E-state index in [2.05, 4.69) is 6.92 Å². The lowest BCUT2D eigenvalue weighted by atomic mass is 9.89. The van der Waals surface area contributed by atoms with Gasteiger partial charge in [-0.25, -0.2) is 0 Å². The first-order valence-electron chi connectivity index (χ1n) is 22.8. The van der Waals surface area contributed by atoms with Gasteiger partial charge >= 0.3 is 0 Å². The molecule has 9 N–H and O–H groups in total. The average molecular weight is 887 g/mol. The van der Waals surface area contributed by atoms with Crippen LogP contribution in [-0.2, 0) is 42.6 Å². The zero-order valence-corrected chi connectivity index (χ0v) is 37.1. The highest BCUT2D eigenvalue weighted by Gasteiger charge is 2.45. The molecule has 3 aliphatic heterocycles. The number of aliphatic hydroxyl groups excluding tert-OH is 9. The van der Waals surface area contributed by atoms with Crippen LogP contribution in [0.3, 0.4) is 0 Å². The Balaban J connectivity index is 1.35. The fourth-order valence-electron chi connectivity index (χ4n) is 8.01. The minimum absolute atomic E-state index is 0.381. The van der Waals surface area contributed by atoms with Crippen molar-refractivity contribution in [2.45, 2.75) is 172 Å². The van der Waals surface area contributed by atoms with E-state index < -0.39 is 105 Å². The molecule has 362 valence electrons. The Bertz CT molecular complexity index is 1050. The summed E-state index contributed by atoms with van der Waals surface area (Å²) in [6.07, 6.45) is -2.94. The molecule has 0 radical (unpaired) electrons. The van der Waals surface area contributed by atoms with E-state index in [-0.39, 0.29) is 11.8 Å². The summed E-state index contributed by atoms with van der Waals surface area (Å²) in [5.74, 6) is -1.19. The first-order valence-corrected chi connectivity index (χ1v) is 22.8. The van der Waals surface area contributed by atoms with Gasteiger partial charge in [-0.15, -0.1) is 0 Å². The number of unbranched alkanes of at least 4 members (excludes halogenated alkanes) is 6. The quantitative estimate of drug-likeness (QED) is 0.0419. The van der Waals surface area contributed by atoms with Crippen molar-refractivity contribution in [2.24, 2.45) is 23.2 Å². The van der Waals surface area contributed by atoms with Crippen molar-refractivity contribution in [1.29, 1.82) is 0 Å². The van der Waals surface area contributed by atoms with Crippen LogP contribution in [0.15, 0.2) is 0 Å². The molecule has 18 nitrogen and oxygen atoms in total. The molecule has 3 aliphatic rings. The lowest BCUT2D eigenvalue weighted by molar-refractivity contribution is -0.286. The van der Waals surface area contributed by atoms with E-state index in [0.717, 1.165) is 57.8 Å². The van der Waals surface area contributed by atoms with Crippen LogP contribution in [0.1, 0.15) is 98.3 Å². The van der Waals surface area contributed by atoms with Gasteiger partial charge in [-0.05, 0) is 70.6 Å². The Morgan fingerprint density at radius 1 is 0.426 bits per heavy atom. The standard InChI is InChI=1S/C43H82O18/c1-5-29-35(48)38(51)32(23-45)60-41(29)57-20-14-8-11-17-54-26-43(4,25-53-16-10-7-13-19-56-40-28(3)34(47)37(50)31(22-44)59-40)27-55-18-12-9-15-21-58-42-30(6-2)36(49)39(52)33(24-46)61-42/h28-42,44-52H,5-27H2,1-4H3/t28-,29-,30-,31?,32?,33?,34?,35?,36?,37-,38-,39-,40+,41+,42+,43?/m0/s1. The van der Waals surface area contributed by atoms with Crippen molar-refractivity contribution < 1.29 is 88.6 Å². The lowest BCUT2D eigenvalue weighted by Gasteiger charge is -2.41. The summed E-state index contributed by atoms with van der Waals surface area (Å²) in [6, 6.07) is 0. The summed E-state index contributed by atoms with van der Waals surface area (Å²) >= 11 is 0. The molecule has 0 aliphatic carbocycles. The zero-order chi connectivity index (χ0) is 44.8. The van der Waals surface area contributed by atoms with E-state index in [4.69, 9.17) is 42.6 Å². The average Bonchev–Trinajstić information content (AvgIpc) is 3.25. The molecule has 18 heteroatoms. The van der Waals surface area contributed by atoms with Gasteiger partial charge in [0, 0.05) is 62.8 Å². The van der Waals surface area contributed by atoms with Gasteiger partial charge in [0.1, 0.15) is 36.6 Å². The van der Waals surface area contributed by atoms with E-state index in [9.17, 15) is 46.0 Å². The van der Waals surface area contributed by atoms with Crippen molar-refractivity contribution in [2.75, 3.05) is 79.3 Å². The largest absolute Gasteiger partial charge is 0.394 e. The van der Waals surface area contributed by atoms with Crippen molar-refractivity contribution >= 4 is 0 Å². The molecule has 0 aromatic heterocycles. The second kappa shape index (κ2) is 29.7. The maximum absolute atomic E-state index is 10.4. The van der Waals surface area contributed by atoms with E-state index in [1.807, 2.05) is 13.8 Å². The van der Waals surface area contributed by atoms with Crippen LogP contribution in [0.2, 0.25) is 0 Å². The molecule has 0 spiro atoms. The maximum atomic E-state index is 10.4. The van der Waals surface area contributed by atoms with Crippen LogP contribution in [-0.4, -0.2) is 199 Å². The first-order chi connectivity index (χ1) is 29.4. The third-order valence-corrected chi connectivity index (χ3v) is 12.1. The van der Waals surface area contributed by atoms with Crippen LogP contribution in [0, 0.1) is 23.2 Å². The number of hydrogen-bond donors (Lipinski definition) is 9. The third kappa shape index (κ3) is 17.5. The molecule has 15 atom stereocenters. The number of ether oxygens (including phenoxy) is 9. The zero-order valence-electron chi connectivity index (χ0n) is 37.1. The van der Waals surface area contributed by atoms with Gasteiger partial charge in [0.25, 0.3) is 0 Å². The first kappa shape index (κ1) is 54.6. The summed E-state index contributed by atoms with van der Waals surface area (Å²) in [4.78, 5) is 0. The summed E-state index contributed by atoms with van der Waals surface area (Å²) in [5.41, 5.74) is -0.400. The van der Waals surface area contributed by atoms with Crippen LogP contribution in [0.25, 0.3) is 0 Å². The molecule has 0 aromatic carbocycles. The summed E-state index contributed by atoms with van der Waals surface area (Å²) in [6.45, 7) is 10.6. The summed E-state index contributed by atoms with van der Waals surface area (Å²) in [7, 11) is 0. The van der Waals surface area contributed by atoms with Gasteiger partial charge in [0.15, 0.2) is 18.9 Å². The van der Waals surface area contributed by atoms with Gasteiger partial charge in [0.2, 0.25) is 0 Å². The highest BCUT2D eigenvalue weighted by molar-refractivity contribution is 4.90. The summed E-state index contributed by atoms with van der Waals surface area (Å²) in [5, 5.41) is 90.1. The molecule has 3 fully saturated rings. The lowest BCUT2D eigenvalue weighted by Crippen LogP contribution is -2.56. The predicted molar refractivity (Wildman–Crippen MR) is 220 cm³/mol. The normalized spacial score (nSPS) is 35.7. The Hall–Kier alpha value is -0.720.